The SMILES string of the molecule is CC.CC.CC.CC.CC.CC1(F)CC2(C)C[C-]1C1C3CCC(C3)C12.CC1(F)CC2[CH-]C1C1C3CCC(C3)C21.CC12C[C-](C3C4CCC(C4)C31)C(C)(C(F)(F)F)C2.CC1CC2(C)C[C-]1C1C3CCC(C3)C12.CC1CC2[CH-]C1C1C3CCC(C3)C21.[Rf].[Rf].[Rf].[Rf].[Rf].[Rf].[Rf].[Rf].[Rf].[Rf].[Rf].[Rf].[Rf].[Rf]. The van der Waals surface area contributed by atoms with Gasteiger partial charge in [-0.3, -0.25) is 16.2 Å². The Labute approximate surface area is 515 Å². The molecule has 0 saturated heterocycles. The smallest absolute Gasteiger partial charge is 0.322 e. The van der Waals surface area contributed by atoms with Crippen LogP contribution in [0.1, 0.15) is 272 Å². The van der Waals surface area contributed by atoms with E-state index in [1.54, 1.807) is 38.5 Å². The predicted molar refractivity (Wildman–Crippen MR) is 341 cm³/mol. The molecule has 512 valence electrons. The van der Waals surface area contributed by atoms with Crippen LogP contribution in [0.5, 0.6) is 0 Å². The Hall–Kier alpha value is -14.3. The molecule has 19 heteroatoms. The Morgan fingerprint density at radius 3 is 1.18 bits per heavy atom. The first-order valence-electron chi connectivity index (χ1n) is 37.7. The fraction of sp³-hybridized carbons (Fsp3) is 0.937. The Morgan fingerprint density at radius 1 is 0.367 bits per heavy atom. The number of fused-ring (bicyclic) bond motifs is 45. The van der Waals surface area contributed by atoms with Crippen LogP contribution in [0.2, 0.25) is 0 Å². The molecule has 0 aromatic rings. The minimum absolute atomic E-state index is 0. The quantitative estimate of drug-likeness (QED) is 0.129. The predicted octanol–water partition coefficient (Wildman–Crippen LogP) is 23.5. The first kappa shape index (κ1) is 90.1. The van der Waals surface area contributed by atoms with Gasteiger partial charge in [-0.1, -0.05) is 262 Å². The average molecular weight is 4910 g/mol. The summed E-state index contributed by atoms with van der Waals surface area (Å²) < 4.78 is 69.1. The van der Waals surface area contributed by atoms with Crippen molar-refractivity contribution in [3.05, 3.63) is 30.6 Å². The molecule has 0 spiro atoms. The molecule has 32 unspecified atom stereocenters. The van der Waals surface area contributed by atoms with Crippen LogP contribution in [0.4, 0.5) is 22.0 Å². The van der Waals surface area contributed by atoms with Crippen LogP contribution in [-0.2, 0) is 0 Å². The van der Waals surface area contributed by atoms with Gasteiger partial charge in [-0.25, -0.2) is 4.39 Å². The molecule has 0 aromatic carbocycles. The van der Waals surface area contributed by atoms with Gasteiger partial charge in [-0.2, -0.15) is 73.9 Å². The van der Waals surface area contributed by atoms with Crippen molar-refractivity contribution in [1.29, 1.82) is 0 Å². The van der Waals surface area contributed by atoms with Crippen molar-refractivity contribution in [2.75, 3.05) is 0 Å². The molecule has 32 atom stereocenters. The molecule has 0 aromatic heterocycles. The monoisotopic (exact) mass is 4910 g/mol. The number of hydrogen-bond acceptors (Lipinski definition) is 0. The Balaban J connectivity index is -0.000000528. The zero-order valence-electron chi connectivity index (χ0n) is 67.2. The van der Waals surface area contributed by atoms with E-state index in [-0.39, 0.29) is 5.41 Å². The maximum absolute atomic E-state index is 14.5. The molecule has 20 bridgehead atoms. The van der Waals surface area contributed by atoms with Gasteiger partial charge in [0.25, 0.3) is 0 Å². The fourth-order valence-electron chi connectivity index (χ4n) is 29.5. The van der Waals surface area contributed by atoms with Gasteiger partial charge in [0.05, 0.1) is 5.67 Å². The zero-order valence-corrected chi connectivity index (χ0v) is 157. The van der Waals surface area contributed by atoms with Crippen molar-refractivity contribution >= 4 is 0 Å². The topological polar surface area (TPSA) is 0 Å². The average Bonchev–Trinajstić information content (AvgIpc) is 1.53. The number of rotatable bonds is 0. The van der Waals surface area contributed by atoms with E-state index in [9.17, 15) is 22.0 Å². The van der Waals surface area contributed by atoms with Gasteiger partial charge in [0.2, 0.25) is 0 Å². The number of alkyl halides is 5. The van der Waals surface area contributed by atoms with Gasteiger partial charge >= 0.3 is 6.18 Å². The molecular weight excluding hydrogens is 4780 g/mol. The normalized spacial score (nSPS) is 49.4. The van der Waals surface area contributed by atoms with Gasteiger partial charge in [-0.05, 0) is 125 Å². The molecule has 20 aliphatic carbocycles. The fourth-order valence-corrected chi connectivity index (χ4v) is 29.5. The summed E-state index contributed by atoms with van der Waals surface area (Å²) in [5.41, 5.74) is -2.21. The zero-order chi connectivity index (χ0) is 60.9. The molecule has 98 heavy (non-hydrogen) atoms. The number of hydrogen-bond donors (Lipinski definition) is 0. The van der Waals surface area contributed by atoms with E-state index < -0.39 is 22.9 Å². The molecule has 0 N–H and O–H groups in total. The maximum Gasteiger partial charge on any atom is 0.368 e. The van der Waals surface area contributed by atoms with Gasteiger partial charge in [0.15, 0.2) is 0 Å². The Kier molecular flexibility index (Phi) is 26.0. The number of halogens is 5. The summed E-state index contributed by atoms with van der Waals surface area (Å²) in [6.45, 7) is 37.2. The van der Waals surface area contributed by atoms with Crippen LogP contribution in [0, 0.1) is 206 Å². The molecule has 20 aliphatic rings. The van der Waals surface area contributed by atoms with Crippen molar-refractivity contribution in [2.45, 2.75) is 290 Å². The molecular formula is C79H128F5Rf14-5. The third-order valence-corrected chi connectivity index (χ3v) is 30.6. The summed E-state index contributed by atoms with van der Waals surface area (Å²) >= 11 is 0. The van der Waals surface area contributed by atoms with E-state index in [0.717, 1.165) is 149 Å². The van der Waals surface area contributed by atoms with E-state index in [4.69, 9.17) is 0 Å². The maximum atomic E-state index is 14.5. The van der Waals surface area contributed by atoms with E-state index in [1.807, 2.05) is 89.0 Å². The summed E-state index contributed by atoms with van der Waals surface area (Å²) in [6.07, 6.45) is 31.3. The molecule has 0 heterocycles. The van der Waals surface area contributed by atoms with Crippen LogP contribution in [0.25, 0.3) is 0 Å². The molecule has 0 radical (unpaired) electrons. The van der Waals surface area contributed by atoms with Gasteiger partial charge in [-0.15, -0.1) is 5.92 Å². The summed E-state index contributed by atoms with van der Waals surface area (Å²) in [7, 11) is 0. The van der Waals surface area contributed by atoms with Crippen molar-refractivity contribution in [2.24, 2.45) is 176 Å². The van der Waals surface area contributed by atoms with Crippen LogP contribution in [-0.4, -0.2) is 17.5 Å². The Morgan fingerprint density at radius 2 is 0.724 bits per heavy atom. The van der Waals surface area contributed by atoms with E-state index in [1.165, 1.54) is 95.8 Å². The second-order valence-corrected chi connectivity index (χ2v) is 34.2. The van der Waals surface area contributed by atoms with Gasteiger partial charge in [0, 0.05) is 0 Å². The summed E-state index contributed by atoms with van der Waals surface area (Å²) in [5.74, 6) is 27.6. The van der Waals surface area contributed by atoms with Crippen LogP contribution >= 0.6 is 0 Å². The standard InChI is InChI=1S/C15H20F3.C14H20F.C14H21.C13H18F.C13H19.5C2H6.14Rf/c1-13-6-10(14(2,7-13)15(16,17)18)11-8-3-4-9(5-8)12(11)13;1-13-6-10(14(2,15)7-13)11-8-3-4-9(5-8)12(11)13;1-8-6-14(2)7-11(8)12-9-3-4-10(5-9)13(12)14;1-13(14)6-9-5-10(13)12-8-3-2-7(4-8)11(9)12;1-7-4-10-6-11(7)13-9-3-2-8(5-9)12(10)13;5*1-2;;;;;;;;;;;;;;/h8-9,11-12H,3-7H2,1-2H3;8-9,11-12H,3-7H2,1-2H3;8-10,12-13H,3-7H2,1-2H3;5,7-12H,2-4,6H2,1H3;6-13H,2-5H2,1H3;5*1-2H3;;;;;;;;;;;;;;/q5*-1;;;;;;;;;;;;;;;;;;;. The second-order valence-electron chi connectivity index (χ2n) is 34.2. The third kappa shape index (κ3) is 10.9. The molecule has 0 amide bonds. The van der Waals surface area contributed by atoms with E-state index in [2.05, 4.69) is 47.5 Å². The Bertz CT molecular complexity index is 2300. The second kappa shape index (κ2) is 28.3. The van der Waals surface area contributed by atoms with Crippen LogP contribution < -0.4 is 0 Å². The molecule has 0 aliphatic heterocycles. The summed E-state index contributed by atoms with van der Waals surface area (Å²) in [4.78, 5) is 0. The van der Waals surface area contributed by atoms with Crippen molar-refractivity contribution < 1.29 is 22.0 Å². The minimum Gasteiger partial charge on any atom is -0.322 e. The van der Waals surface area contributed by atoms with E-state index >= 15 is 0 Å². The van der Waals surface area contributed by atoms with Gasteiger partial charge < -0.3 is 18.8 Å². The van der Waals surface area contributed by atoms with E-state index in [0.29, 0.717) is 47.3 Å². The minimum atomic E-state index is -4.05. The van der Waals surface area contributed by atoms with Crippen molar-refractivity contribution in [3.8, 4) is 0 Å². The summed E-state index contributed by atoms with van der Waals surface area (Å²) in [6, 6.07) is 0. The first-order valence-corrected chi connectivity index (χ1v) is 37.7. The van der Waals surface area contributed by atoms with Crippen LogP contribution in [0.15, 0.2) is 0 Å². The van der Waals surface area contributed by atoms with Crippen molar-refractivity contribution in [1.82, 2.24) is 0 Å². The molecule has 20 fully saturated rings. The largest absolute Gasteiger partial charge is 0.368 e. The van der Waals surface area contributed by atoms with Gasteiger partial charge in [0.1, 0.15) is 0 Å². The van der Waals surface area contributed by atoms with Crippen molar-refractivity contribution in [3.63, 3.8) is 0 Å². The first-order chi connectivity index (χ1) is 40.0. The molecule has 20 rings (SSSR count). The third-order valence-electron chi connectivity index (χ3n) is 30.6. The summed E-state index contributed by atoms with van der Waals surface area (Å²) in [5, 5.41) is 0. The van der Waals surface area contributed by atoms with Crippen LogP contribution in [0.3, 0.4) is 0 Å². The molecule has 20 saturated carbocycles. The molecule has 0 nitrogen and oxygen atoms in total.